The Kier molecular flexibility index (Phi) is 20.1. The molecule has 328 valence electrons. The number of benzene rings is 4. The van der Waals surface area contributed by atoms with Crippen LogP contribution in [0.2, 0.25) is 0 Å². The molecule has 4 N–H and O–H groups in total. The largest absolute Gasteiger partial charge is 0.399 e. The van der Waals surface area contributed by atoms with Crippen LogP contribution in [0.15, 0.2) is 84.9 Å². The quantitative estimate of drug-likeness (QED) is 0.0466. The van der Waals surface area contributed by atoms with Gasteiger partial charge in [-0.25, -0.2) is 0 Å². The molecule has 2 unspecified atom stereocenters. The fourth-order valence-corrected chi connectivity index (χ4v) is 10.9. The first kappa shape index (κ1) is 47.5. The van der Waals surface area contributed by atoms with Crippen molar-refractivity contribution in [2.24, 2.45) is 5.92 Å². The molecule has 4 aromatic carbocycles. The van der Waals surface area contributed by atoms with Crippen LogP contribution in [0, 0.1) is 19.8 Å². The van der Waals surface area contributed by atoms with E-state index in [0.717, 1.165) is 17.3 Å². The first-order valence-electron chi connectivity index (χ1n) is 25.2. The van der Waals surface area contributed by atoms with Crippen molar-refractivity contribution < 1.29 is 0 Å². The molecule has 1 aliphatic rings. The van der Waals surface area contributed by atoms with Gasteiger partial charge in [0.05, 0.1) is 0 Å². The van der Waals surface area contributed by atoms with Crippen molar-refractivity contribution in [3.05, 3.63) is 129 Å². The van der Waals surface area contributed by atoms with E-state index in [1.54, 1.807) is 0 Å². The second-order valence-corrected chi connectivity index (χ2v) is 19.3. The molecular weight excluding hydrogens is 725 g/mol. The molecule has 0 amide bonds. The molecule has 1 saturated carbocycles. The Morgan fingerprint density at radius 2 is 0.833 bits per heavy atom. The Hall–Kier alpha value is -3.52. The molecule has 0 heterocycles. The van der Waals surface area contributed by atoms with E-state index in [1.807, 2.05) is 0 Å². The first-order valence-corrected chi connectivity index (χ1v) is 25.2. The average Bonchev–Trinajstić information content (AvgIpc) is 3.26. The minimum absolute atomic E-state index is 0.0484. The molecule has 60 heavy (non-hydrogen) atoms. The minimum atomic E-state index is 0.0484. The Labute approximate surface area is 369 Å². The van der Waals surface area contributed by atoms with E-state index < -0.39 is 0 Å². The summed E-state index contributed by atoms with van der Waals surface area (Å²) in [5, 5.41) is 0. The van der Waals surface area contributed by atoms with Crippen LogP contribution in [0.3, 0.4) is 0 Å². The summed E-state index contributed by atoms with van der Waals surface area (Å²) in [6.45, 7) is 11.4. The van der Waals surface area contributed by atoms with E-state index in [1.165, 1.54) is 205 Å². The van der Waals surface area contributed by atoms with Gasteiger partial charge in [-0.1, -0.05) is 203 Å². The summed E-state index contributed by atoms with van der Waals surface area (Å²) in [7, 11) is 0. The molecule has 2 nitrogen and oxygen atoms in total. The molecule has 0 saturated heterocycles. The summed E-state index contributed by atoms with van der Waals surface area (Å²) in [6, 6.07) is 33.3. The van der Waals surface area contributed by atoms with E-state index in [0.29, 0.717) is 11.8 Å². The van der Waals surface area contributed by atoms with Gasteiger partial charge in [0.15, 0.2) is 0 Å². The number of aryl methyl sites for hydroxylation is 2. The predicted molar refractivity (Wildman–Crippen MR) is 264 cm³/mol. The molecule has 5 rings (SSSR count). The molecule has 0 bridgehead atoms. The predicted octanol–water partition coefficient (Wildman–Crippen LogP) is 17.5. The summed E-state index contributed by atoms with van der Waals surface area (Å²) in [6.07, 6.45) is 33.4. The third-order valence-electron chi connectivity index (χ3n) is 14.7. The van der Waals surface area contributed by atoms with Gasteiger partial charge in [-0.15, -0.1) is 0 Å². The fourth-order valence-electron chi connectivity index (χ4n) is 10.9. The van der Waals surface area contributed by atoms with Crippen LogP contribution >= 0.6 is 0 Å². The molecule has 0 aliphatic heterocycles. The lowest BCUT2D eigenvalue weighted by Crippen LogP contribution is -2.33. The highest BCUT2D eigenvalue weighted by Gasteiger charge is 2.38. The molecule has 0 aromatic heterocycles. The Balaban J connectivity index is 1.38. The summed E-state index contributed by atoms with van der Waals surface area (Å²) in [4.78, 5) is 0. The van der Waals surface area contributed by atoms with Crippen molar-refractivity contribution in [2.45, 2.75) is 212 Å². The van der Waals surface area contributed by atoms with Crippen LogP contribution in [0.25, 0.3) is 0 Å². The number of nitrogen functional groups attached to an aromatic ring is 2. The first-order chi connectivity index (χ1) is 29.3. The average molecular weight is 811 g/mol. The Morgan fingerprint density at radius 3 is 1.22 bits per heavy atom. The van der Waals surface area contributed by atoms with Crippen LogP contribution in [-0.4, -0.2) is 0 Å². The van der Waals surface area contributed by atoms with Crippen molar-refractivity contribution >= 4 is 11.4 Å². The van der Waals surface area contributed by atoms with Crippen LogP contribution in [0.1, 0.15) is 238 Å². The van der Waals surface area contributed by atoms with Crippen LogP contribution in [0.5, 0.6) is 0 Å². The monoisotopic (exact) mass is 811 g/mol. The highest BCUT2D eigenvalue weighted by Crippen LogP contribution is 2.49. The molecule has 2 heteroatoms. The lowest BCUT2D eigenvalue weighted by Gasteiger charge is -2.42. The van der Waals surface area contributed by atoms with Crippen molar-refractivity contribution in [1.82, 2.24) is 0 Å². The Bertz CT molecular complexity index is 1660. The van der Waals surface area contributed by atoms with Crippen molar-refractivity contribution in [3.8, 4) is 0 Å². The van der Waals surface area contributed by atoms with E-state index in [4.69, 9.17) is 11.5 Å². The van der Waals surface area contributed by atoms with Gasteiger partial charge >= 0.3 is 0 Å². The van der Waals surface area contributed by atoms with Gasteiger partial charge in [0.25, 0.3) is 0 Å². The van der Waals surface area contributed by atoms with Crippen LogP contribution in [-0.2, 0) is 5.41 Å². The van der Waals surface area contributed by atoms with E-state index in [9.17, 15) is 0 Å². The van der Waals surface area contributed by atoms with E-state index in [2.05, 4.69) is 120 Å². The lowest BCUT2D eigenvalue weighted by molar-refractivity contribution is 0.250. The third-order valence-corrected chi connectivity index (χ3v) is 14.7. The highest BCUT2D eigenvalue weighted by molar-refractivity contribution is 5.51. The zero-order chi connectivity index (χ0) is 42.6. The van der Waals surface area contributed by atoms with Crippen LogP contribution in [0.4, 0.5) is 11.4 Å². The van der Waals surface area contributed by atoms with Gasteiger partial charge in [0.2, 0.25) is 0 Å². The summed E-state index contributed by atoms with van der Waals surface area (Å²) in [5.41, 5.74) is 25.7. The zero-order valence-corrected chi connectivity index (χ0v) is 39.1. The highest BCUT2D eigenvalue weighted by atomic mass is 14.5. The Morgan fingerprint density at radius 1 is 0.467 bits per heavy atom. The third kappa shape index (κ3) is 13.7. The van der Waals surface area contributed by atoms with E-state index in [-0.39, 0.29) is 5.41 Å². The SMILES string of the molecule is CCCCCCCCCCCCC1CCC(c2ccc(C(CCCCCC)c3ccc(N)cc3C)cc2)(c2ccc(C(CCCCCC)c3ccc(N)cc3C)cc2)CC1. The lowest BCUT2D eigenvalue weighted by atomic mass is 9.62. The zero-order valence-electron chi connectivity index (χ0n) is 39.1. The van der Waals surface area contributed by atoms with Gasteiger partial charge in [0.1, 0.15) is 0 Å². The second kappa shape index (κ2) is 25.4. The number of unbranched alkanes of at least 4 members (excludes halogenated alkanes) is 15. The van der Waals surface area contributed by atoms with Crippen LogP contribution < -0.4 is 11.5 Å². The maximum absolute atomic E-state index is 6.25. The van der Waals surface area contributed by atoms with Crippen molar-refractivity contribution in [3.63, 3.8) is 0 Å². The van der Waals surface area contributed by atoms with Crippen molar-refractivity contribution in [2.75, 3.05) is 11.5 Å². The van der Waals surface area contributed by atoms with Gasteiger partial charge in [-0.05, 0) is 127 Å². The maximum Gasteiger partial charge on any atom is 0.0316 e. The molecule has 4 aromatic rings. The van der Waals surface area contributed by atoms with Gasteiger partial charge < -0.3 is 11.5 Å². The molecule has 0 spiro atoms. The normalized spacial score (nSPS) is 17.8. The van der Waals surface area contributed by atoms with Gasteiger partial charge in [-0.3, -0.25) is 0 Å². The number of rotatable bonds is 27. The summed E-state index contributed by atoms with van der Waals surface area (Å²) >= 11 is 0. The van der Waals surface area contributed by atoms with Crippen molar-refractivity contribution in [1.29, 1.82) is 0 Å². The standard InChI is InChI=1S/C58H86N2/c1-6-9-12-15-16-17-18-19-20-21-24-47-39-41-58(42-40-47,50-31-27-48(28-32-50)56(25-22-13-10-7-2)54-37-35-52(59)43-45(54)4)51-33-29-49(30-34-51)57(26-23-14-11-8-3)55-38-36-53(60)44-46(55)5/h27-38,43-44,47,56-57H,6-26,39-42,59-60H2,1-5H3. The molecule has 1 fully saturated rings. The molecular formula is C58H86N2. The number of hydrogen-bond acceptors (Lipinski definition) is 2. The van der Waals surface area contributed by atoms with Gasteiger partial charge in [-0.2, -0.15) is 0 Å². The van der Waals surface area contributed by atoms with Gasteiger partial charge in [0, 0.05) is 28.6 Å². The van der Waals surface area contributed by atoms with E-state index >= 15 is 0 Å². The minimum Gasteiger partial charge on any atom is -0.399 e. The molecule has 0 radical (unpaired) electrons. The topological polar surface area (TPSA) is 52.0 Å². The maximum atomic E-state index is 6.25. The number of anilines is 2. The summed E-state index contributed by atoms with van der Waals surface area (Å²) < 4.78 is 0. The smallest absolute Gasteiger partial charge is 0.0316 e. The number of nitrogens with two attached hydrogens (primary N) is 2. The fraction of sp³-hybridized carbons (Fsp3) is 0.586. The number of hydrogen-bond donors (Lipinski definition) is 2. The molecule has 1 aliphatic carbocycles. The second-order valence-electron chi connectivity index (χ2n) is 19.3. The summed E-state index contributed by atoms with van der Waals surface area (Å²) in [5.74, 6) is 1.65. The molecule has 2 atom stereocenters.